The minimum atomic E-state index is -4.62. The maximum Gasteiger partial charge on any atom is 0.416 e. The van der Waals surface area contributed by atoms with Crippen molar-refractivity contribution in [1.82, 2.24) is 4.57 Å². The van der Waals surface area contributed by atoms with Gasteiger partial charge in [0, 0.05) is 40.0 Å². The average molecular weight is 417 g/mol. The van der Waals surface area contributed by atoms with Gasteiger partial charge in [-0.1, -0.05) is 17.7 Å². The standard InChI is InChI=1S/C19H13B2ClF3NO3/c20-18(21,29)9-26-14(7-12-5-11(17(27)28)2-4-16(12)26)6-10-1-3-13(22)8-15(10)19(23,24)25/h1-5,7-8,29H,6,9H2,(H,27,28). The third-order valence-corrected chi connectivity index (χ3v) is 4.63. The first-order chi connectivity index (χ1) is 13.3. The maximum atomic E-state index is 13.4. The van der Waals surface area contributed by atoms with Crippen LogP contribution >= 0.6 is 11.6 Å². The van der Waals surface area contributed by atoms with Crippen molar-refractivity contribution in [1.29, 1.82) is 0 Å². The van der Waals surface area contributed by atoms with Gasteiger partial charge >= 0.3 is 12.1 Å². The van der Waals surface area contributed by atoms with E-state index in [1.165, 1.54) is 34.9 Å². The Kier molecular flexibility index (Phi) is 5.49. The second-order valence-corrected chi connectivity index (χ2v) is 7.20. The van der Waals surface area contributed by atoms with E-state index in [9.17, 15) is 23.1 Å². The molecule has 29 heavy (non-hydrogen) atoms. The zero-order chi connectivity index (χ0) is 21.6. The monoisotopic (exact) mass is 417 g/mol. The van der Waals surface area contributed by atoms with E-state index in [-0.39, 0.29) is 29.1 Å². The minimum Gasteiger partial charge on any atom is -0.478 e. The smallest absolute Gasteiger partial charge is 0.416 e. The Labute approximate surface area is 171 Å². The van der Waals surface area contributed by atoms with Crippen LogP contribution < -0.4 is 0 Å². The number of carboxylic acids is 1. The zero-order valence-electron chi connectivity index (χ0n) is 14.9. The molecule has 0 aliphatic rings. The first-order valence-corrected chi connectivity index (χ1v) is 8.74. The summed E-state index contributed by atoms with van der Waals surface area (Å²) < 4.78 is 41.8. The van der Waals surface area contributed by atoms with Crippen molar-refractivity contribution in [2.24, 2.45) is 0 Å². The molecule has 0 atom stereocenters. The van der Waals surface area contributed by atoms with E-state index in [1.807, 2.05) is 0 Å². The lowest BCUT2D eigenvalue weighted by molar-refractivity contribution is -0.138. The molecule has 0 fully saturated rings. The number of carboxylic acid groups (broad SMARTS) is 1. The van der Waals surface area contributed by atoms with Crippen molar-refractivity contribution in [3.05, 3.63) is 69.9 Å². The normalized spacial score (nSPS) is 12.4. The number of benzene rings is 2. The zero-order valence-corrected chi connectivity index (χ0v) is 15.6. The van der Waals surface area contributed by atoms with Crippen molar-refractivity contribution in [2.45, 2.75) is 24.5 Å². The molecule has 0 saturated heterocycles. The number of hydrogen-bond donors (Lipinski definition) is 2. The summed E-state index contributed by atoms with van der Waals surface area (Å²) in [7, 11) is 11.0. The summed E-state index contributed by atoms with van der Waals surface area (Å²) in [6.45, 7) is -0.312. The number of aromatic carboxylic acids is 1. The number of aromatic nitrogens is 1. The van der Waals surface area contributed by atoms with Gasteiger partial charge in [0.2, 0.25) is 0 Å². The third kappa shape index (κ3) is 4.79. The molecule has 2 aromatic carbocycles. The first kappa shape index (κ1) is 21.3. The van der Waals surface area contributed by atoms with Crippen LogP contribution in [0, 0.1) is 0 Å². The molecule has 4 nitrogen and oxygen atoms in total. The van der Waals surface area contributed by atoms with Crippen LogP contribution in [0.3, 0.4) is 0 Å². The summed E-state index contributed by atoms with van der Waals surface area (Å²) in [5.41, 5.74) is -0.0725. The SMILES string of the molecule is [B]C([B])(O)Cn1c(Cc2ccc(Cl)cc2C(F)(F)F)cc2cc(C(=O)O)ccc21. The van der Waals surface area contributed by atoms with E-state index in [2.05, 4.69) is 0 Å². The Balaban J connectivity index is 2.16. The van der Waals surface area contributed by atoms with E-state index >= 15 is 0 Å². The van der Waals surface area contributed by atoms with Crippen LogP contribution in [-0.2, 0) is 19.1 Å². The fourth-order valence-electron chi connectivity index (χ4n) is 3.21. The number of halogens is 4. The summed E-state index contributed by atoms with van der Waals surface area (Å²) in [5, 5.41) is 17.3. The molecule has 1 heterocycles. The molecule has 146 valence electrons. The molecule has 4 radical (unpaired) electrons. The molecule has 0 aliphatic carbocycles. The number of aliphatic hydroxyl groups is 1. The molecular weight excluding hydrogens is 404 g/mol. The third-order valence-electron chi connectivity index (χ3n) is 4.39. The van der Waals surface area contributed by atoms with Crippen LogP contribution in [0.4, 0.5) is 13.2 Å². The van der Waals surface area contributed by atoms with Crippen LogP contribution in [0.5, 0.6) is 0 Å². The van der Waals surface area contributed by atoms with E-state index in [0.717, 1.165) is 6.07 Å². The summed E-state index contributed by atoms with van der Waals surface area (Å²) in [6, 6.07) is 9.23. The Bertz CT molecular complexity index is 1090. The molecule has 1 aromatic heterocycles. The summed E-state index contributed by atoms with van der Waals surface area (Å²) >= 11 is 5.73. The second kappa shape index (κ2) is 7.46. The minimum absolute atomic E-state index is 0.0134. The highest BCUT2D eigenvalue weighted by Gasteiger charge is 2.34. The Hall–Kier alpha value is -2.38. The van der Waals surface area contributed by atoms with Gasteiger partial charge in [-0.2, -0.15) is 13.2 Å². The van der Waals surface area contributed by atoms with Crippen molar-refractivity contribution < 1.29 is 28.2 Å². The molecule has 3 aromatic rings. The fourth-order valence-corrected chi connectivity index (χ4v) is 3.38. The van der Waals surface area contributed by atoms with Gasteiger partial charge in [0.15, 0.2) is 0 Å². The topological polar surface area (TPSA) is 62.5 Å². The fraction of sp³-hybridized carbons (Fsp3) is 0.211. The lowest BCUT2D eigenvalue weighted by Crippen LogP contribution is -2.35. The van der Waals surface area contributed by atoms with Gasteiger partial charge in [0.1, 0.15) is 15.7 Å². The van der Waals surface area contributed by atoms with E-state index in [1.54, 1.807) is 6.07 Å². The van der Waals surface area contributed by atoms with Crippen molar-refractivity contribution in [2.75, 3.05) is 0 Å². The molecule has 0 saturated carbocycles. The van der Waals surface area contributed by atoms with Crippen molar-refractivity contribution in [3.63, 3.8) is 0 Å². The van der Waals surface area contributed by atoms with Crippen molar-refractivity contribution >= 4 is 44.2 Å². The van der Waals surface area contributed by atoms with Gasteiger partial charge in [-0.25, -0.2) is 4.79 Å². The van der Waals surface area contributed by atoms with Crippen LogP contribution in [0.15, 0.2) is 42.5 Å². The molecular formula is C19H13B2ClF3NO3. The largest absolute Gasteiger partial charge is 0.478 e. The number of alkyl halides is 3. The van der Waals surface area contributed by atoms with E-state index < -0.39 is 23.1 Å². The lowest BCUT2D eigenvalue weighted by atomic mass is 9.65. The van der Waals surface area contributed by atoms with Crippen LogP contribution in [0.25, 0.3) is 10.9 Å². The molecule has 3 rings (SSSR count). The molecule has 0 amide bonds. The van der Waals surface area contributed by atoms with E-state index in [0.29, 0.717) is 16.6 Å². The summed E-state index contributed by atoms with van der Waals surface area (Å²) in [6.07, 6.45) is -4.78. The van der Waals surface area contributed by atoms with Crippen molar-refractivity contribution in [3.8, 4) is 0 Å². The van der Waals surface area contributed by atoms with E-state index in [4.69, 9.17) is 32.4 Å². The maximum absolute atomic E-state index is 13.4. The molecule has 0 unspecified atom stereocenters. The first-order valence-electron chi connectivity index (χ1n) is 8.36. The predicted molar refractivity (Wildman–Crippen MR) is 105 cm³/mol. The van der Waals surface area contributed by atoms with Crippen LogP contribution in [-0.4, -0.2) is 41.8 Å². The lowest BCUT2D eigenvalue weighted by Gasteiger charge is -2.23. The highest BCUT2D eigenvalue weighted by molar-refractivity contribution is 6.38. The molecule has 0 bridgehead atoms. The molecule has 10 heteroatoms. The number of nitrogens with zero attached hydrogens (tertiary/aromatic N) is 1. The highest BCUT2D eigenvalue weighted by atomic mass is 35.5. The number of rotatable bonds is 5. The van der Waals surface area contributed by atoms with Gasteiger partial charge in [0.25, 0.3) is 0 Å². The highest BCUT2D eigenvalue weighted by Crippen LogP contribution is 2.35. The predicted octanol–water partition coefficient (Wildman–Crippen LogP) is 3.59. The summed E-state index contributed by atoms with van der Waals surface area (Å²) in [4.78, 5) is 11.2. The molecule has 0 aliphatic heterocycles. The number of carbonyl (C=O) groups is 1. The van der Waals surface area contributed by atoms with Gasteiger partial charge < -0.3 is 14.8 Å². The Morgan fingerprint density at radius 2 is 1.79 bits per heavy atom. The van der Waals surface area contributed by atoms with Gasteiger partial charge in [-0.15, -0.1) is 0 Å². The van der Waals surface area contributed by atoms with Gasteiger partial charge in [-0.05, 0) is 42.0 Å². The van der Waals surface area contributed by atoms with Gasteiger partial charge in [-0.3, -0.25) is 0 Å². The molecule has 2 N–H and O–H groups in total. The van der Waals surface area contributed by atoms with Gasteiger partial charge in [0.05, 0.1) is 11.1 Å². The Morgan fingerprint density at radius 1 is 1.10 bits per heavy atom. The summed E-state index contributed by atoms with van der Waals surface area (Å²) in [5.74, 6) is -1.15. The number of hydrogen-bond acceptors (Lipinski definition) is 2. The average Bonchev–Trinajstić information content (AvgIpc) is 2.90. The molecule has 0 spiro atoms. The van der Waals surface area contributed by atoms with Crippen LogP contribution in [0.1, 0.15) is 27.2 Å². The Morgan fingerprint density at radius 3 is 2.38 bits per heavy atom. The van der Waals surface area contributed by atoms with Crippen LogP contribution in [0.2, 0.25) is 5.02 Å². The quantitative estimate of drug-likeness (QED) is 0.624. The number of fused-ring (bicyclic) bond motifs is 1. The second-order valence-electron chi connectivity index (χ2n) is 6.77.